The summed E-state index contributed by atoms with van der Waals surface area (Å²) >= 11 is 0. The van der Waals surface area contributed by atoms with Crippen LogP contribution in [0, 0.1) is 5.92 Å². The van der Waals surface area contributed by atoms with E-state index in [-0.39, 0.29) is 12.0 Å². The van der Waals surface area contributed by atoms with Crippen molar-refractivity contribution in [1.29, 1.82) is 0 Å². The fourth-order valence-corrected chi connectivity index (χ4v) is 7.81. The Hall–Kier alpha value is -2.34. The molecule has 2 atom stereocenters. The van der Waals surface area contributed by atoms with Crippen molar-refractivity contribution in [2.24, 2.45) is 5.92 Å². The van der Waals surface area contributed by atoms with Gasteiger partial charge in [-0.3, -0.25) is 0 Å². The van der Waals surface area contributed by atoms with Gasteiger partial charge in [0.1, 0.15) is 17.3 Å². The SMILES string of the molecule is COC1=C2CCCN3CCCC(=C23)C(OC)C1Cc1c(OC)c2c3c(c1OC)CCCN3CCC2. The summed E-state index contributed by atoms with van der Waals surface area (Å²) in [6.45, 7) is 4.56. The van der Waals surface area contributed by atoms with Crippen molar-refractivity contribution in [2.45, 2.75) is 63.9 Å². The van der Waals surface area contributed by atoms with Gasteiger partial charge in [0.2, 0.25) is 0 Å². The topological polar surface area (TPSA) is 43.4 Å². The lowest BCUT2D eigenvalue weighted by Gasteiger charge is -2.46. The molecule has 0 spiro atoms. The molecule has 0 bridgehead atoms. The van der Waals surface area contributed by atoms with Gasteiger partial charge >= 0.3 is 0 Å². The summed E-state index contributed by atoms with van der Waals surface area (Å²) < 4.78 is 24.9. The number of nitrogens with zero attached hydrogens (tertiary/aromatic N) is 2. The molecule has 4 aliphatic heterocycles. The Morgan fingerprint density at radius 2 is 1.31 bits per heavy atom. The van der Waals surface area contributed by atoms with Crippen LogP contribution in [0.3, 0.4) is 0 Å². The van der Waals surface area contributed by atoms with Gasteiger partial charge < -0.3 is 28.7 Å². The van der Waals surface area contributed by atoms with Crippen molar-refractivity contribution >= 4 is 5.69 Å². The summed E-state index contributed by atoms with van der Waals surface area (Å²) in [5, 5.41) is 0. The van der Waals surface area contributed by atoms with Crippen molar-refractivity contribution in [2.75, 3.05) is 59.5 Å². The molecule has 6 nitrogen and oxygen atoms in total. The molecule has 0 saturated carbocycles. The number of piperidine rings is 1. The molecule has 1 saturated heterocycles. The zero-order chi connectivity index (χ0) is 24.1. The Labute approximate surface area is 209 Å². The second-order valence-electron chi connectivity index (χ2n) is 10.6. The molecule has 0 radical (unpaired) electrons. The van der Waals surface area contributed by atoms with Gasteiger partial charge in [-0.15, -0.1) is 0 Å². The van der Waals surface area contributed by atoms with E-state index in [0.717, 1.165) is 75.5 Å². The standard InChI is InChI=1S/C29H40N2O4/c1-32-26-18-9-5-13-30-14-6-10-19(24(18)30)27(33-2)22(26)17-23-28(34-3)20-11-7-15-31-16-8-12-21(25(20)31)29(23)35-4/h22,26H,5-17H2,1-4H3. The number of methoxy groups -OCH3 is 4. The minimum Gasteiger partial charge on any atom is -0.500 e. The van der Waals surface area contributed by atoms with Crippen LogP contribution in [0.5, 0.6) is 11.5 Å². The van der Waals surface area contributed by atoms with E-state index in [9.17, 15) is 0 Å². The average Bonchev–Trinajstić information content (AvgIpc) is 2.90. The summed E-state index contributed by atoms with van der Waals surface area (Å²) in [5.41, 5.74) is 9.65. The molecule has 0 amide bonds. The highest BCUT2D eigenvalue weighted by atomic mass is 16.5. The van der Waals surface area contributed by atoms with Gasteiger partial charge in [0.05, 0.1) is 39.0 Å². The predicted molar refractivity (Wildman–Crippen MR) is 137 cm³/mol. The van der Waals surface area contributed by atoms with Gasteiger partial charge in [-0.05, 0) is 63.4 Å². The molecule has 6 rings (SSSR count). The second kappa shape index (κ2) is 9.27. The molecule has 190 valence electrons. The lowest BCUT2D eigenvalue weighted by molar-refractivity contribution is 0.0516. The van der Waals surface area contributed by atoms with Gasteiger partial charge in [0, 0.05) is 61.2 Å². The summed E-state index contributed by atoms with van der Waals surface area (Å²) in [6, 6.07) is 0. The maximum atomic E-state index is 6.30. The Morgan fingerprint density at radius 3 is 1.91 bits per heavy atom. The summed E-state index contributed by atoms with van der Waals surface area (Å²) in [6.07, 6.45) is 9.90. The number of allylic oxidation sites excluding steroid dienone is 1. The largest absolute Gasteiger partial charge is 0.500 e. The van der Waals surface area contributed by atoms with Crippen LogP contribution in [0.1, 0.15) is 55.2 Å². The van der Waals surface area contributed by atoms with Gasteiger partial charge in [0.15, 0.2) is 0 Å². The van der Waals surface area contributed by atoms with E-state index in [1.807, 2.05) is 28.4 Å². The van der Waals surface area contributed by atoms with E-state index in [1.165, 1.54) is 64.9 Å². The summed E-state index contributed by atoms with van der Waals surface area (Å²) in [4.78, 5) is 5.14. The van der Waals surface area contributed by atoms with Gasteiger partial charge in [-0.1, -0.05) is 0 Å². The first-order valence-corrected chi connectivity index (χ1v) is 13.5. The molecule has 1 fully saturated rings. The lowest BCUT2D eigenvalue weighted by Crippen LogP contribution is -2.43. The molecule has 6 heteroatoms. The molecule has 35 heavy (non-hydrogen) atoms. The molecule has 0 aromatic heterocycles. The first kappa shape index (κ1) is 23.1. The van der Waals surface area contributed by atoms with Crippen LogP contribution >= 0.6 is 0 Å². The quantitative estimate of drug-likeness (QED) is 0.591. The predicted octanol–water partition coefficient (Wildman–Crippen LogP) is 4.63. The van der Waals surface area contributed by atoms with E-state index in [4.69, 9.17) is 18.9 Å². The van der Waals surface area contributed by atoms with Crippen molar-refractivity contribution in [3.05, 3.63) is 39.3 Å². The van der Waals surface area contributed by atoms with Crippen LogP contribution in [0.2, 0.25) is 0 Å². The zero-order valence-corrected chi connectivity index (χ0v) is 21.9. The first-order valence-electron chi connectivity index (χ1n) is 13.5. The number of ether oxygens (including phenoxy) is 4. The van der Waals surface area contributed by atoms with Gasteiger partial charge in [0.25, 0.3) is 0 Å². The highest BCUT2D eigenvalue weighted by molar-refractivity contribution is 5.74. The Bertz CT molecular complexity index is 1040. The smallest absolute Gasteiger partial charge is 0.131 e. The number of rotatable bonds is 6. The third-order valence-corrected chi connectivity index (χ3v) is 8.98. The van der Waals surface area contributed by atoms with Crippen LogP contribution in [0.15, 0.2) is 22.6 Å². The van der Waals surface area contributed by atoms with Crippen LogP contribution < -0.4 is 14.4 Å². The number of anilines is 1. The van der Waals surface area contributed by atoms with E-state index < -0.39 is 0 Å². The molecule has 1 aliphatic carbocycles. The number of hydrogen-bond donors (Lipinski definition) is 0. The second-order valence-corrected chi connectivity index (χ2v) is 10.6. The normalized spacial score (nSPS) is 25.4. The number of hydrogen-bond acceptors (Lipinski definition) is 6. The van der Waals surface area contributed by atoms with E-state index in [0.29, 0.717) is 0 Å². The zero-order valence-electron chi connectivity index (χ0n) is 21.9. The van der Waals surface area contributed by atoms with Crippen LogP contribution in [0.4, 0.5) is 5.69 Å². The Morgan fingerprint density at radius 1 is 0.714 bits per heavy atom. The van der Waals surface area contributed by atoms with Crippen molar-refractivity contribution in [3.63, 3.8) is 0 Å². The fourth-order valence-electron chi connectivity index (χ4n) is 7.81. The highest BCUT2D eigenvalue weighted by Gasteiger charge is 2.44. The molecule has 5 aliphatic rings. The van der Waals surface area contributed by atoms with Crippen LogP contribution in [0.25, 0.3) is 0 Å². The minimum absolute atomic E-state index is 0.0166. The molecular weight excluding hydrogens is 440 g/mol. The van der Waals surface area contributed by atoms with Crippen LogP contribution in [-0.2, 0) is 28.7 Å². The van der Waals surface area contributed by atoms with Gasteiger partial charge in [-0.2, -0.15) is 0 Å². The fraction of sp³-hybridized carbons (Fsp3) is 0.655. The maximum Gasteiger partial charge on any atom is 0.131 e. The first-order chi connectivity index (χ1) is 17.2. The molecule has 0 N–H and O–H groups in total. The van der Waals surface area contributed by atoms with Crippen molar-refractivity contribution in [3.8, 4) is 11.5 Å². The molecular formula is C29H40N2O4. The summed E-state index contributed by atoms with van der Waals surface area (Å²) in [5.74, 6) is 3.28. The lowest BCUT2D eigenvalue weighted by atomic mass is 9.74. The Kier molecular flexibility index (Phi) is 6.11. The van der Waals surface area contributed by atoms with Crippen molar-refractivity contribution < 1.29 is 18.9 Å². The van der Waals surface area contributed by atoms with E-state index >= 15 is 0 Å². The van der Waals surface area contributed by atoms with Crippen LogP contribution in [-0.4, -0.2) is 65.6 Å². The maximum absolute atomic E-state index is 6.30. The molecule has 2 unspecified atom stereocenters. The van der Waals surface area contributed by atoms with Crippen molar-refractivity contribution in [1.82, 2.24) is 4.90 Å². The van der Waals surface area contributed by atoms with E-state index in [2.05, 4.69) is 9.80 Å². The van der Waals surface area contributed by atoms with E-state index in [1.54, 1.807) is 0 Å². The third-order valence-electron chi connectivity index (χ3n) is 8.98. The minimum atomic E-state index is 0.0166. The Balaban J connectivity index is 1.50. The molecule has 1 aromatic rings. The average molecular weight is 481 g/mol. The van der Waals surface area contributed by atoms with Gasteiger partial charge in [-0.25, -0.2) is 0 Å². The third kappa shape index (κ3) is 3.46. The number of benzene rings is 1. The highest BCUT2D eigenvalue weighted by Crippen LogP contribution is 2.52. The molecule has 1 aromatic carbocycles. The summed E-state index contributed by atoms with van der Waals surface area (Å²) in [7, 11) is 7.37. The molecule has 4 heterocycles. The monoisotopic (exact) mass is 480 g/mol.